The summed E-state index contributed by atoms with van der Waals surface area (Å²) < 4.78 is 1.95. The number of halogens is 1. The molecule has 28 heavy (non-hydrogen) atoms. The quantitative estimate of drug-likeness (QED) is 0.290. The molecule has 2 heterocycles. The van der Waals surface area contributed by atoms with Crippen molar-refractivity contribution >= 4 is 41.3 Å². The van der Waals surface area contributed by atoms with Crippen LogP contribution in [0.2, 0.25) is 0 Å². The molecule has 0 saturated carbocycles. The molecule has 0 atom stereocenters. The molecule has 3 rings (SSSR count). The van der Waals surface area contributed by atoms with Crippen LogP contribution in [0, 0.1) is 13.8 Å². The molecule has 0 aliphatic rings. The number of aryl methyl sites for hydroxylation is 2. The standard InChI is InChI=1S/C20H26N6S.HI/c1-15-16(2)27-19(25-15)9-10-22-20(21-3)23-11-18-12-24-26(14-18)13-17-7-5-4-6-8-17;/h4-8,12,14H,9-11,13H2,1-3H3,(H2,21,22,23);1H. The molecule has 0 fully saturated rings. The Bertz CT molecular complexity index is 868. The van der Waals surface area contributed by atoms with Crippen molar-refractivity contribution in [2.45, 2.75) is 33.4 Å². The molecule has 0 unspecified atom stereocenters. The fraction of sp³-hybridized carbons (Fsp3) is 0.350. The van der Waals surface area contributed by atoms with Gasteiger partial charge >= 0.3 is 0 Å². The van der Waals surface area contributed by atoms with Crippen molar-refractivity contribution in [3.05, 3.63) is 69.4 Å². The van der Waals surface area contributed by atoms with E-state index in [1.165, 1.54) is 10.4 Å². The number of nitrogens with one attached hydrogen (secondary N) is 2. The van der Waals surface area contributed by atoms with Gasteiger partial charge in [0, 0.05) is 43.2 Å². The highest BCUT2D eigenvalue weighted by Gasteiger charge is 2.05. The molecular weight excluding hydrogens is 483 g/mol. The Morgan fingerprint density at radius 2 is 1.93 bits per heavy atom. The maximum absolute atomic E-state index is 4.57. The monoisotopic (exact) mass is 510 g/mol. The lowest BCUT2D eigenvalue weighted by Crippen LogP contribution is -2.37. The van der Waals surface area contributed by atoms with Crippen LogP contribution in [0.15, 0.2) is 47.7 Å². The molecule has 8 heteroatoms. The van der Waals surface area contributed by atoms with Gasteiger partial charge in [0.15, 0.2) is 5.96 Å². The molecule has 2 N–H and O–H groups in total. The predicted octanol–water partition coefficient (Wildman–Crippen LogP) is 3.53. The number of guanidine groups is 1. The highest BCUT2D eigenvalue weighted by molar-refractivity contribution is 14.0. The van der Waals surface area contributed by atoms with E-state index in [0.717, 1.165) is 41.7 Å². The lowest BCUT2D eigenvalue weighted by atomic mass is 10.2. The van der Waals surface area contributed by atoms with E-state index in [0.29, 0.717) is 6.54 Å². The molecular formula is C20H27IN6S. The third-order valence-electron chi connectivity index (χ3n) is 4.26. The summed E-state index contributed by atoms with van der Waals surface area (Å²) in [6, 6.07) is 10.3. The molecule has 0 aliphatic heterocycles. The Hall–Kier alpha value is -1.94. The number of thiazole rings is 1. The van der Waals surface area contributed by atoms with Gasteiger partial charge in [-0.3, -0.25) is 9.67 Å². The zero-order valence-corrected chi connectivity index (χ0v) is 19.6. The maximum Gasteiger partial charge on any atom is 0.191 e. The molecule has 0 bridgehead atoms. The van der Waals surface area contributed by atoms with Gasteiger partial charge in [0.1, 0.15) is 0 Å². The fourth-order valence-corrected chi connectivity index (χ4v) is 3.63. The van der Waals surface area contributed by atoms with E-state index >= 15 is 0 Å². The zero-order valence-electron chi connectivity index (χ0n) is 16.5. The molecule has 0 aliphatic carbocycles. The molecule has 1 aromatic carbocycles. The molecule has 2 aromatic heterocycles. The van der Waals surface area contributed by atoms with Crippen molar-refractivity contribution in [2.24, 2.45) is 4.99 Å². The third-order valence-corrected chi connectivity index (χ3v) is 5.39. The Kier molecular flexibility index (Phi) is 8.91. The molecule has 0 amide bonds. The van der Waals surface area contributed by atoms with E-state index in [1.54, 1.807) is 18.4 Å². The van der Waals surface area contributed by atoms with E-state index in [1.807, 2.05) is 29.1 Å². The summed E-state index contributed by atoms with van der Waals surface area (Å²) in [5.74, 6) is 0.788. The first-order valence-electron chi connectivity index (χ1n) is 9.06. The Morgan fingerprint density at radius 1 is 1.14 bits per heavy atom. The van der Waals surface area contributed by atoms with Crippen LogP contribution < -0.4 is 10.6 Å². The normalized spacial score (nSPS) is 11.2. The van der Waals surface area contributed by atoms with Crippen molar-refractivity contribution < 1.29 is 0 Å². The average molecular weight is 510 g/mol. The first-order chi connectivity index (χ1) is 13.1. The highest BCUT2D eigenvalue weighted by Crippen LogP contribution is 2.16. The summed E-state index contributed by atoms with van der Waals surface area (Å²) >= 11 is 1.76. The molecule has 3 aromatic rings. The maximum atomic E-state index is 4.57. The second-order valence-electron chi connectivity index (χ2n) is 6.38. The second kappa shape index (κ2) is 11.2. The summed E-state index contributed by atoms with van der Waals surface area (Å²) in [5, 5.41) is 12.3. The minimum atomic E-state index is 0. The van der Waals surface area contributed by atoms with Crippen LogP contribution in [-0.2, 0) is 19.5 Å². The van der Waals surface area contributed by atoms with Gasteiger partial charge in [0.2, 0.25) is 0 Å². The van der Waals surface area contributed by atoms with Gasteiger partial charge in [-0.05, 0) is 19.4 Å². The van der Waals surface area contributed by atoms with Gasteiger partial charge in [-0.2, -0.15) is 5.10 Å². The summed E-state index contributed by atoms with van der Waals surface area (Å²) in [6.45, 7) is 6.44. The lowest BCUT2D eigenvalue weighted by Gasteiger charge is -2.10. The van der Waals surface area contributed by atoms with Gasteiger partial charge in [0.05, 0.1) is 23.4 Å². The summed E-state index contributed by atoms with van der Waals surface area (Å²) in [6.07, 6.45) is 4.85. The zero-order chi connectivity index (χ0) is 19.1. The van der Waals surface area contributed by atoms with Gasteiger partial charge in [0.25, 0.3) is 0 Å². The molecule has 150 valence electrons. The topological polar surface area (TPSA) is 67.1 Å². The molecule has 0 spiro atoms. The number of hydrogen-bond acceptors (Lipinski definition) is 4. The van der Waals surface area contributed by atoms with Crippen LogP contribution in [0.3, 0.4) is 0 Å². The predicted molar refractivity (Wildman–Crippen MR) is 127 cm³/mol. The van der Waals surface area contributed by atoms with Crippen molar-refractivity contribution in [3.8, 4) is 0 Å². The van der Waals surface area contributed by atoms with Gasteiger partial charge < -0.3 is 10.6 Å². The first-order valence-corrected chi connectivity index (χ1v) is 9.88. The Labute approximate surface area is 187 Å². The number of hydrogen-bond donors (Lipinski definition) is 2. The minimum Gasteiger partial charge on any atom is -0.356 e. The van der Waals surface area contributed by atoms with Crippen LogP contribution in [-0.4, -0.2) is 34.3 Å². The number of aliphatic imine (C=N–C) groups is 1. The van der Waals surface area contributed by atoms with Crippen LogP contribution in [0.5, 0.6) is 0 Å². The SMILES string of the molecule is CN=C(NCCc1nc(C)c(C)s1)NCc1cnn(Cc2ccccc2)c1.I. The second-order valence-corrected chi connectivity index (χ2v) is 7.67. The van der Waals surface area contributed by atoms with Crippen LogP contribution >= 0.6 is 35.3 Å². The number of rotatable bonds is 7. The number of aromatic nitrogens is 3. The summed E-state index contributed by atoms with van der Waals surface area (Å²) in [4.78, 5) is 10.1. The molecule has 6 nitrogen and oxygen atoms in total. The average Bonchev–Trinajstić information content (AvgIpc) is 3.25. The Balaban J connectivity index is 0.00000280. The van der Waals surface area contributed by atoms with Crippen molar-refractivity contribution in [3.63, 3.8) is 0 Å². The van der Waals surface area contributed by atoms with Gasteiger partial charge in [-0.25, -0.2) is 4.98 Å². The Morgan fingerprint density at radius 3 is 2.61 bits per heavy atom. The van der Waals surface area contributed by atoms with Gasteiger partial charge in [-0.15, -0.1) is 35.3 Å². The first kappa shape index (κ1) is 22.4. The molecule has 0 radical (unpaired) electrons. The van der Waals surface area contributed by atoms with Crippen molar-refractivity contribution in [1.82, 2.24) is 25.4 Å². The van der Waals surface area contributed by atoms with Gasteiger partial charge in [-0.1, -0.05) is 30.3 Å². The van der Waals surface area contributed by atoms with E-state index in [-0.39, 0.29) is 24.0 Å². The van der Waals surface area contributed by atoms with E-state index in [4.69, 9.17) is 0 Å². The number of nitrogens with zero attached hydrogens (tertiary/aromatic N) is 4. The van der Waals surface area contributed by atoms with E-state index in [9.17, 15) is 0 Å². The van der Waals surface area contributed by atoms with Crippen molar-refractivity contribution in [2.75, 3.05) is 13.6 Å². The van der Waals surface area contributed by atoms with Crippen LogP contribution in [0.1, 0.15) is 26.7 Å². The lowest BCUT2D eigenvalue weighted by molar-refractivity contribution is 0.685. The van der Waals surface area contributed by atoms with Crippen molar-refractivity contribution in [1.29, 1.82) is 0 Å². The summed E-state index contributed by atoms with van der Waals surface area (Å²) in [5.41, 5.74) is 3.50. The van der Waals surface area contributed by atoms with E-state index in [2.05, 4.69) is 57.9 Å². The summed E-state index contributed by atoms with van der Waals surface area (Å²) in [7, 11) is 1.78. The third kappa shape index (κ3) is 6.59. The minimum absolute atomic E-state index is 0. The van der Waals surface area contributed by atoms with Crippen LogP contribution in [0.25, 0.3) is 0 Å². The van der Waals surface area contributed by atoms with E-state index < -0.39 is 0 Å². The van der Waals surface area contributed by atoms with Crippen LogP contribution in [0.4, 0.5) is 0 Å². The largest absolute Gasteiger partial charge is 0.356 e. The fourth-order valence-electron chi connectivity index (χ4n) is 2.69. The smallest absolute Gasteiger partial charge is 0.191 e. The highest BCUT2D eigenvalue weighted by atomic mass is 127. The number of benzene rings is 1. The molecule has 0 saturated heterocycles.